The second kappa shape index (κ2) is 8.82. The molecule has 0 bridgehead atoms. The summed E-state index contributed by atoms with van der Waals surface area (Å²) in [6, 6.07) is 7.64. The number of benzene rings is 1. The highest BCUT2D eigenvalue weighted by atomic mass is 32.2. The van der Waals surface area contributed by atoms with Gasteiger partial charge >= 0.3 is 6.03 Å². The van der Waals surface area contributed by atoms with E-state index in [4.69, 9.17) is 0 Å². The van der Waals surface area contributed by atoms with Gasteiger partial charge in [-0.2, -0.15) is 0 Å². The summed E-state index contributed by atoms with van der Waals surface area (Å²) in [7, 11) is 1.46. The van der Waals surface area contributed by atoms with Crippen molar-refractivity contribution in [1.82, 2.24) is 20.8 Å². The number of carbonyl (C=O) groups excluding carboxylic acids is 2. The van der Waals surface area contributed by atoms with Gasteiger partial charge in [0.2, 0.25) is 11.0 Å². The van der Waals surface area contributed by atoms with Crippen LogP contribution in [0.25, 0.3) is 0 Å². The lowest BCUT2D eigenvalue weighted by molar-refractivity contribution is -0.119. The van der Waals surface area contributed by atoms with Crippen molar-refractivity contribution in [2.45, 2.75) is 36.3 Å². The Hall–Kier alpha value is -2.13. The molecule has 0 aliphatic carbocycles. The third-order valence-corrected chi connectivity index (χ3v) is 5.37. The van der Waals surface area contributed by atoms with Gasteiger partial charge in [0.15, 0.2) is 4.34 Å². The smallest absolute Gasteiger partial charge is 0.321 e. The van der Waals surface area contributed by atoms with Crippen LogP contribution in [0.2, 0.25) is 0 Å². The first-order valence-electron chi connectivity index (χ1n) is 7.78. The number of rotatable bonds is 6. The van der Waals surface area contributed by atoms with Crippen LogP contribution < -0.4 is 16.0 Å². The average Bonchev–Trinajstić information content (AvgIpc) is 3.01. The lowest BCUT2D eigenvalue weighted by Crippen LogP contribution is -2.41. The molecule has 134 valence electrons. The highest BCUT2D eigenvalue weighted by molar-refractivity contribution is 8.02. The zero-order chi connectivity index (χ0) is 18.4. The standard InChI is InChI=1S/C16H21N5O2S2/c1-9(2)11-5-7-12(8-6-11)18-15-20-21-16(25-15)24-10(3)13(22)19-14(23)17-4/h5-10H,1-4H3,(H,18,20)(H2,17,19,22,23)/t10-/m0/s1. The van der Waals surface area contributed by atoms with E-state index in [1.54, 1.807) is 6.92 Å². The van der Waals surface area contributed by atoms with Gasteiger partial charge in [0.05, 0.1) is 5.25 Å². The zero-order valence-electron chi connectivity index (χ0n) is 14.5. The molecule has 0 aliphatic heterocycles. The number of amides is 3. The van der Waals surface area contributed by atoms with Crippen LogP contribution in [0.3, 0.4) is 0 Å². The lowest BCUT2D eigenvalue weighted by Gasteiger charge is -2.08. The molecule has 7 nitrogen and oxygen atoms in total. The molecule has 0 unspecified atom stereocenters. The van der Waals surface area contributed by atoms with Crippen LogP contribution in [-0.2, 0) is 4.79 Å². The van der Waals surface area contributed by atoms with Crippen molar-refractivity contribution < 1.29 is 9.59 Å². The summed E-state index contributed by atoms with van der Waals surface area (Å²) in [6.07, 6.45) is 0. The number of hydrogen-bond donors (Lipinski definition) is 3. The molecule has 0 spiro atoms. The van der Waals surface area contributed by atoms with Crippen LogP contribution in [0.4, 0.5) is 15.6 Å². The summed E-state index contributed by atoms with van der Waals surface area (Å²) < 4.78 is 0.654. The number of anilines is 2. The molecule has 2 aromatic rings. The first kappa shape index (κ1) is 19.2. The Morgan fingerprint density at radius 1 is 1.12 bits per heavy atom. The van der Waals surface area contributed by atoms with Gasteiger partial charge in [0, 0.05) is 12.7 Å². The molecular formula is C16H21N5O2S2. The molecule has 2 rings (SSSR count). The summed E-state index contributed by atoms with van der Waals surface area (Å²) in [5.74, 6) is 0.110. The largest absolute Gasteiger partial charge is 0.341 e. The monoisotopic (exact) mass is 379 g/mol. The number of carbonyl (C=O) groups is 2. The summed E-state index contributed by atoms with van der Waals surface area (Å²) in [5.41, 5.74) is 2.21. The maximum atomic E-state index is 11.8. The molecule has 25 heavy (non-hydrogen) atoms. The second-order valence-corrected chi connectivity index (χ2v) is 8.17. The van der Waals surface area contributed by atoms with Crippen LogP contribution in [0.1, 0.15) is 32.3 Å². The van der Waals surface area contributed by atoms with Crippen molar-refractivity contribution >= 4 is 45.9 Å². The molecule has 0 saturated carbocycles. The van der Waals surface area contributed by atoms with Gasteiger partial charge in [-0.05, 0) is 30.5 Å². The number of nitrogens with one attached hydrogen (secondary N) is 3. The number of thioether (sulfide) groups is 1. The molecule has 1 heterocycles. The molecular weight excluding hydrogens is 358 g/mol. The van der Waals surface area contributed by atoms with Crippen molar-refractivity contribution in [1.29, 1.82) is 0 Å². The molecule has 0 aliphatic rings. The molecule has 0 saturated heterocycles. The van der Waals surface area contributed by atoms with Gasteiger partial charge in [-0.15, -0.1) is 10.2 Å². The Bertz CT molecular complexity index is 730. The highest BCUT2D eigenvalue weighted by Gasteiger charge is 2.18. The SMILES string of the molecule is CNC(=O)NC(=O)[C@H](C)Sc1nnc(Nc2ccc(C(C)C)cc2)s1. The second-order valence-electron chi connectivity index (χ2n) is 5.60. The van der Waals surface area contributed by atoms with E-state index in [0.717, 1.165) is 5.69 Å². The molecule has 1 aromatic heterocycles. The maximum Gasteiger partial charge on any atom is 0.321 e. The van der Waals surface area contributed by atoms with E-state index >= 15 is 0 Å². The number of aromatic nitrogens is 2. The fourth-order valence-electron chi connectivity index (χ4n) is 1.86. The van der Waals surface area contributed by atoms with E-state index < -0.39 is 11.3 Å². The molecule has 0 radical (unpaired) electrons. The molecule has 0 fully saturated rings. The van der Waals surface area contributed by atoms with Crippen LogP contribution in [0.5, 0.6) is 0 Å². The first-order valence-corrected chi connectivity index (χ1v) is 9.48. The Labute approximate surface area is 155 Å². The van der Waals surface area contributed by atoms with Gasteiger partial charge in [-0.3, -0.25) is 10.1 Å². The number of imide groups is 1. The highest BCUT2D eigenvalue weighted by Crippen LogP contribution is 2.30. The number of nitrogens with zero attached hydrogens (tertiary/aromatic N) is 2. The summed E-state index contributed by atoms with van der Waals surface area (Å²) in [6.45, 7) is 6.01. The third kappa shape index (κ3) is 5.71. The van der Waals surface area contributed by atoms with Crippen molar-refractivity contribution in [2.75, 3.05) is 12.4 Å². The van der Waals surface area contributed by atoms with Crippen LogP contribution in [0, 0.1) is 0 Å². The summed E-state index contributed by atoms with van der Waals surface area (Å²) in [5, 5.41) is 16.1. The minimum absolute atomic E-state index is 0.377. The van der Waals surface area contributed by atoms with Gasteiger partial charge in [-0.1, -0.05) is 49.1 Å². The zero-order valence-corrected chi connectivity index (χ0v) is 16.1. The van der Waals surface area contributed by atoms with Crippen molar-refractivity contribution in [2.24, 2.45) is 0 Å². The molecule has 3 amide bonds. The van der Waals surface area contributed by atoms with E-state index in [0.29, 0.717) is 15.4 Å². The average molecular weight is 380 g/mol. The van der Waals surface area contributed by atoms with Gasteiger partial charge in [-0.25, -0.2) is 4.79 Å². The molecule has 9 heteroatoms. The lowest BCUT2D eigenvalue weighted by atomic mass is 10.0. The van der Waals surface area contributed by atoms with E-state index in [2.05, 4.69) is 52.1 Å². The topological polar surface area (TPSA) is 96.0 Å². The van der Waals surface area contributed by atoms with E-state index in [9.17, 15) is 9.59 Å². The first-order chi connectivity index (χ1) is 11.9. The Balaban J connectivity index is 1.93. The van der Waals surface area contributed by atoms with E-state index in [-0.39, 0.29) is 5.91 Å². The minimum atomic E-state index is -0.526. The molecule has 1 atom stereocenters. The third-order valence-electron chi connectivity index (χ3n) is 3.35. The maximum absolute atomic E-state index is 11.8. The molecule has 3 N–H and O–H groups in total. The fraction of sp³-hybridized carbons (Fsp3) is 0.375. The Morgan fingerprint density at radius 2 is 1.80 bits per heavy atom. The van der Waals surface area contributed by atoms with Gasteiger partial charge in [0.25, 0.3) is 0 Å². The van der Waals surface area contributed by atoms with E-state index in [1.165, 1.54) is 35.7 Å². The van der Waals surface area contributed by atoms with Crippen LogP contribution in [-0.4, -0.2) is 34.4 Å². The minimum Gasteiger partial charge on any atom is -0.341 e. The van der Waals surface area contributed by atoms with Gasteiger partial charge in [0.1, 0.15) is 0 Å². The fourth-order valence-corrected chi connectivity index (χ4v) is 3.78. The Kier molecular flexibility index (Phi) is 6.77. The Morgan fingerprint density at radius 3 is 2.40 bits per heavy atom. The molecule has 1 aromatic carbocycles. The quantitative estimate of drug-likeness (QED) is 0.666. The predicted molar refractivity (Wildman–Crippen MR) is 102 cm³/mol. The number of hydrogen-bond acceptors (Lipinski definition) is 7. The van der Waals surface area contributed by atoms with Crippen molar-refractivity contribution in [3.8, 4) is 0 Å². The normalized spacial score (nSPS) is 11.9. The summed E-state index contributed by atoms with van der Waals surface area (Å²) >= 11 is 2.61. The van der Waals surface area contributed by atoms with Crippen molar-refractivity contribution in [3.05, 3.63) is 29.8 Å². The van der Waals surface area contributed by atoms with Gasteiger partial charge < -0.3 is 10.6 Å². The van der Waals surface area contributed by atoms with E-state index in [1.807, 2.05) is 12.1 Å². The van der Waals surface area contributed by atoms with Crippen LogP contribution >= 0.6 is 23.1 Å². The van der Waals surface area contributed by atoms with Crippen LogP contribution in [0.15, 0.2) is 28.6 Å². The predicted octanol–water partition coefficient (Wildman–Crippen LogP) is 3.34. The van der Waals surface area contributed by atoms with Crippen molar-refractivity contribution in [3.63, 3.8) is 0 Å². The number of urea groups is 1. The summed E-state index contributed by atoms with van der Waals surface area (Å²) in [4.78, 5) is 23.0.